The Morgan fingerprint density at radius 1 is 1.08 bits per heavy atom. The number of nitrogens with one attached hydrogen (secondary N) is 2. The number of benzene rings is 2. The van der Waals surface area contributed by atoms with Crippen LogP contribution in [0.4, 0.5) is 10.5 Å². The van der Waals surface area contributed by atoms with Gasteiger partial charge in [-0.25, -0.2) is 9.69 Å². The van der Waals surface area contributed by atoms with Crippen molar-refractivity contribution in [3.8, 4) is 11.5 Å². The van der Waals surface area contributed by atoms with Crippen LogP contribution in [0.3, 0.4) is 0 Å². The lowest BCUT2D eigenvalue weighted by atomic mass is 10.2. The second-order valence-electron chi connectivity index (χ2n) is 5.57. The molecule has 4 amide bonds. The molecule has 0 unspecified atom stereocenters. The highest BCUT2D eigenvalue weighted by Gasteiger charge is 2.34. The molecule has 0 aromatic heterocycles. The van der Waals surface area contributed by atoms with E-state index < -0.39 is 24.4 Å². The summed E-state index contributed by atoms with van der Waals surface area (Å²) in [5.74, 6) is -1.11. The van der Waals surface area contributed by atoms with Gasteiger partial charge in [0, 0.05) is 5.69 Å². The third-order valence-electron chi connectivity index (χ3n) is 3.60. The first-order valence-electron chi connectivity index (χ1n) is 7.65. The Morgan fingerprint density at radius 2 is 1.81 bits per heavy atom. The van der Waals surface area contributed by atoms with Gasteiger partial charge in [-0.15, -0.1) is 0 Å². The molecule has 1 saturated heterocycles. The summed E-state index contributed by atoms with van der Waals surface area (Å²) in [5, 5.41) is 23.6. The molecule has 0 saturated carbocycles. The second-order valence-corrected chi connectivity index (χ2v) is 5.57. The first kappa shape index (κ1) is 17.0. The summed E-state index contributed by atoms with van der Waals surface area (Å²) in [6, 6.07) is 11.3. The molecule has 8 nitrogen and oxygen atoms in total. The number of carbonyl (C=O) groups excluding carboxylic acids is 3. The van der Waals surface area contributed by atoms with Crippen LogP contribution in [0.25, 0.3) is 6.08 Å². The minimum absolute atomic E-state index is 0.0121. The number of imide groups is 1. The van der Waals surface area contributed by atoms with Gasteiger partial charge in [-0.3, -0.25) is 9.59 Å². The fourth-order valence-corrected chi connectivity index (χ4v) is 2.39. The van der Waals surface area contributed by atoms with Crippen LogP contribution in [-0.4, -0.2) is 39.5 Å². The van der Waals surface area contributed by atoms with Crippen LogP contribution in [0.5, 0.6) is 11.5 Å². The Morgan fingerprint density at radius 3 is 2.50 bits per heavy atom. The van der Waals surface area contributed by atoms with Crippen molar-refractivity contribution in [2.45, 2.75) is 0 Å². The maximum absolute atomic E-state index is 12.3. The average Bonchev–Trinajstić information content (AvgIpc) is 2.84. The molecule has 4 N–H and O–H groups in total. The third-order valence-corrected chi connectivity index (χ3v) is 3.60. The number of aromatic hydroxyl groups is 2. The van der Waals surface area contributed by atoms with Crippen LogP contribution in [0, 0.1) is 0 Å². The number of carbonyl (C=O) groups is 3. The highest BCUT2D eigenvalue weighted by molar-refractivity contribution is 6.15. The SMILES string of the molecule is O=C(CN1C(=O)N/C(=C\c2cccc(O)c2)C1=O)Nc1ccc(O)cc1. The van der Waals surface area contributed by atoms with Crippen LogP contribution in [0.1, 0.15) is 5.56 Å². The first-order valence-corrected chi connectivity index (χ1v) is 7.65. The fourth-order valence-electron chi connectivity index (χ4n) is 2.39. The summed E-state index contributed by atoms with van der Waals surface area (Å²) in [7, 11) is 0. The molecule has 2 aromatic rings. The van der Waals surface area contributed by atoms with E-state index in [-0.39, 0.29) is 17.2 Å². The first-order chi connectivity index (χ1) is 12.4. The Bertz CT molecular complexity index is 905. The van der Waals surface area contributed by atoms with Crippen molar-refractivity contribution in [3.63, 3.8) is 0 Å². The van der Waals surface area contributed by atoms with Crippen molar-refractivity contribution in [2.75, 3.05) is 11.9 Å². The number of hydrogen-bond donors (Lipinski definition) is 4. The number of nitrogens with zero attached hydrogens (tertiary/aromatic N) is 1. The van der Waals surface area contributed by atoms with Crippen molar-refractivity contribution in [1.29, 1.82) is 0 Å². The summed E-state index contributed by atoms with van der Waals surface area (Å²) in [5.41, 5.74) is 0.970. The lowest BCUT2D eigenvalue weighted by Gasteiger charge is -2.12. The second kappa shape index (κ2) is 6.98. The quantitative estimate of drug-likeness (QED) is 0.378. The molecule has 132 valence electrons. The van der Waals surface area contributed by atoms with Gasteiger partial charge in [0.15, 0.2) is 0 Å². The van der Waals surface area contributed by atoms with Gasteiger partial charge in [0.2, 0.25) is 5.91 Å². The minimum atomic E-state index is -0.706. The van der Waals surface area contributed by atoms with E-state index in [0.29, 0.717) is 11.3 Å². The van der Waals surface area contributed by atoms with Crippen LogP contribution in [0.2, 0.25) is 0 Å². The zero-order valence-corrected chi connectivity index (χ0v) is 13.5. The van der Waals surface area contributed by atoms with Crippen molar-refractivity contribution < 1.29 is 24.6 Å². The molecular formula is C18H15N3O5. The highest BCUT2D eigenvalue weighted by atomic mass is 16.3. The number of rotatable bonds is 4. The molecule has 1 aliphatic rings. The Kier molecular flexibility index (Phi) is 4.57. The largest absolute Gasteiger partial charge is 0.508 e. The van der Waals surface area contributed by atoms with Crippen molar-refractivity contribution in [3.05, 3.63) is 59.8 Å². The smallest absolute Gasteiger partial charge is 0.329 e. The predicted molar refractivity (Wildman–Crippen MR) is 93.1 cm³/mol. The van der Waals surface area contributed by atoms with Crippen molar-refractivity contribution in [1.82, 2.24) is 10.2 Å². The lowest BCUT2D eigenvalue weighted by Crippen LogP contribution is -2.38. The van der Waals surface area contributed by atoms with E-state index in [2.05, 4.69) is 10.6 Å². The molecule has 0 aliphatic carbocycles. The number of amides is 4. The summed E-state index contributed by atoms with van der Waals surface area (Å²) < 4.78 is 0. The minimum Gasteiger partial charge on any atom is -0.508 e. The van der Waals surface area contributed by atoms with Crippen LogP contribution < -0.4 is 10.6 Å². The Balaban J connectivity index is 1.69. The molecule has 2 aromatic carbocycles. The van der Waals surface area contributed by atoms with Crippen LogP contribution in [-0.2, 0) is 9.59 Å². The van der Waals surface area contributed by atoms with Gasteiger partial charge >= 0.3 is 6.03 Å². The summed E-state index contributed by atoms with van der Waals surface area (Å²) in [6.45, 7) is -0.455. The maximum atomic E-state index is 12.3. The molecule has 3 rings (SSSR count). The van der Waals surface area contributed by atoms with Gasteiger partial charge in [-0.2, -0.15) is 0 Å². The van der Waals surface area contributed by atoms with Crippen LogP contribution in [0.15, 0.2) is 54.2 Å². The molecule has 0 bridgehead atoms. The molecule has 0 spiro atoms. The van der Waals surface area contributed by atoms with E-state index >= 15 is 0 Å². The van der Waals surface area contributed by atoms with E-state index in [9.17, 15) is 24.6 Å². The topological polar surface area (TPSA) is 119 Å². The number of phenols is 2. The molecular weight excluding hydrogens is 338 g/mol. The van der Waals surface area contributed by atoms with Gasteiger partial charge in [-0.05, 0) is 48.0 Å². The standard InChI is InChI=1S/C18H15N3O5/c22-13-6-4-12(5-7-13)19-16(24)10-21-17(25)15(20-18(21)26)9-11-2-1-3-14(23)8-11/h1-9,22-23H,10H2,(H,19,24)(H,20,26)/b15-9-. The zero-order valence-electron chi connectivity index (χ0n) is 13.5. The number of urea groups is 1. The van der Waals surface area contributed by atoms with E-state index in [0.717, 1.165) is 4.90 Å². The van der Waals surface area contributed by atoms with E-state index in [1.165, 1.54) is 42.5 Å². The third kappa shape index (κ3) is 3.81. The van der Waals surface area contributed by atoms with E-state index in [1.54, 1.807) is 12.1 Å². The maximum Gasteiger partial charge on any atom is 0.329 e. The van der Waals surface area contributed by atoms with Crippen molar-refractivity contribution in [2.24, 2.45) is 0 Å². The highest BCUT2D eigenvalue weighted by Crippen LogP contribution is 2.18. The average molecular weight is 353 g/mol. The predicted octanol–water partition coefficient (Wildman–Crippen LogP) is 1.63. The Hall–Kier alpha value is -3.81. The molecule has 1 aliphatic heterocycles. The monoisotopic (exact) mass is 353 g/mol. The van der Waals surface area contributed by atoms with E-state index in [1.807, 2.05) is 0 Å². The van der Waals surface area contributed by atoms with Gasteiger partial charge in [0.05, 0.1) is 0 Å². The fraction of sp³-hybridized carbons (Fsp3) is 0.0556. The van der Waals surface area contributed by atoms with Gasteiger partial charge < -0.3 is 20.8 Å². The van der Waals surface area contributed by atoms with Gasteiger partial charge in [-0.1, -0.05) is 12.1 Å². The lowest BCUT2D eigenvalue weighted by molar-refractivity contribution is -0.127. The van der Waals surface area contributed by atoms with Gasteiger partial charge in [0.25, 0.3) is 5.91 Å². The normalized spacial score (nSPS) is 15.2. The summed E-state index contributed by atoms with van der Waals surface area (Å²) in [6.07, 6.45) is 1.41. The Labute approximate surface area is 148 Å². The molecule has 1 heterocycles. The number of hydrogen-bond acceptors (Lipinski definition) is 5. The van der Waals surface area contributed by atoms with Crippen molar-refractivity contribution >= 4 is 29.6 Å². The summed E-state index contributed by atoms with van der Waals surface area (Å²) in [4.78, 5) is 37.1. The van der Waals surface area contributed by atoms with Crippen LogP contribution >= 0.6 is 0 Å². The number of phenolic OH excluding ortho intramolecular Hbond substituents is 2. The zero-order chi connectivity index (χ0) is 18.7. The van der Waals surface area contributed by atoms with Gasteiger partial charge in [0.1, 0.15) is 23.7 Å². The molecule has 0 radical (unpaired) electrons. The summed E-state index contributed by atoms with van der Waals surface area (Å²) >= 11 is 0. The molecule has 26 heavy (non-hydrogen) atoms. The molecule has 1 fully saturated rings. The van der Waals surface area contributed by atoms with E-state index in [4.69, 9.17) is 0 Å². The molecule has 8 heteroatoms. The number of anilines is 1. The molecule has 0 atom stereocenters.